The molecule has 25 heavy (non-hydrogen) atoms. The third-order valence-corrected chi connectivity index (χ3v) is 5.40. The molecule has 148 valence electrons. The molecule has 1 atom stereocenters. The molecule has 1 amide bonds. The van der Waals surface area contributed by atoms with Gasteiger partial charge < -0.3 is 19.9 Å². The van der Waals surface area contributed by atoms with Crippen molar-refractivity contribution in [2.75, 3.05) is 26.4 Å². The van der Waals surface area contributed by atoms with E-state index in [4.69, 9.17) is 9.47 Å². The molecule has 1 rings (SSSR count). The lowest BCUT2D eigenvalue weighted by molar-refractivity contribution is 0.0352. The third kappa shape index (κ3) is 8.41. The number of aliphatic hydroxyl groups is 1. The van der Waals surface area contributed by atoms with E-state index < -0.39 is 11.7 Å². The zero-order valence-electron chi connectivity index (χ0n) is 16.9. The predicted molar refractivity (Wildman–Crippen MR) is 101 cm³/mol. The molecule has 1 aliphatic heterocycles. The molecule has 0 aromatic rings. The molecule has 0 aliphatic carbocycles. The summed E-state index contributed by atoms with van der Waals surface area (Å²) in [6.07, 6.45) is 6.35. The Labute approximate surface area is 153 Å². The molecular weight excluding hydrogens is 318 g/mol. The topological polar surface area (TPSA) is 67.8 Å². The van der Waals surface area contributed by atoms with Crippen LogP contribution in [-0.4, -0.2) is 43.2 Å². The smallest absolute Gasteiger partial charge is 0.407 e. The Morgan fingerprint density at radius 2 is 1.88 bits per heavy atom. The molecule has 1 unspecified atom stereocenters. The average molecular weight is 358 g/mol. The number of rotatable bonds is 9. The second kappa shape index (κ2) is 10.4. The highest BCUT2D eigenvalue weighted by atomic mass is 16.6. The molecule has 1 heterocycles. The highest BCUT2D eigenvalue weighted by Gasteiger charge is 2.33. The number of ether oxygens (including phenoxy) is 2. The zero-order chi connectivity index (χ0) is 18.9. The van der Waals surface area contributed by atoms with Crippen LogP contribution >= 0.6 is 0 Å². The molecule has 0 bridgehead atoms. The van der Waals surface area contributed by atoms with Crippen LogP contribution in [0.1, 0.15) is 73.1 Å². The summed E-state index contributed by atoms with van der Waals surface area (Å²) in [5.74, 6) is 1.08. The summed E-state index contributed by atoms with van der Waals surface area (Å²) in [4.78, 5) is 12.0. The van der Waals surface area contributed by atoms with Crippen molar-refractivity contribution < 1.29 is 19.4 Å². The van der Waals surface area contributed by atoms with Crippen molar-refractivity contribution in [3.05, 3.63) is 0 Å². The van der Waals surface area contributed by atoms with Crippen molar-refractivity contribution in [2.24, 2.45) is 17.3 Å². The van der Waals surface area contributed by atoms with Crippen LogP contribution in [-0.2, 0) is 9.47 Å². The highest BCUT2D eigenvalue weighted by Crippen LogP contribution is 2.33. The van der Waals surface area contributed by atoms with E-state index in [1.54, 1.807) is 0 Å². The van der Waals surface area contributed by atoms with Crippen molar-refractivity contribution in [2.45, 2.75) is 78.7 Å². The van der Waals surface area contributed by atoms with Gasteiger partial charge in [-0.3, -0.25) is 0 Å². The van der Waals surface area contributed by atoms with E-state index in [2.05, 4.69) is 19.2 Å². The Bertz CT molecular complexity index is 386. The van der Waals surface area contributed by atoms with Gasteiger partial charge in [0, 0.05) is 25.2 Å². The number of alkyl carbamates (subject to hydrolysis) is 1. The molecular formula is C20H39NO4. The second-order valence-corrected chi connectivity index (χ2v) is 8.83. The Balaban J connectivity index is 2.43. The molecule has 5 heteroatoms. The molecule has 2 N–H and O–H groups in total. The summed E-state index contributed by atoms with van der Waals surface area (Å²) in [6.45, 7) is 12.1. The lowest BCUT2D eigenvalue weighted by Crippen LogP contribution is -2.45. The number of hydrogen-bond donors (Lipinski definition) is 2. The zero-order valence-corrected chi connectivity index (χ0v) is 16.9. The maximum atomic E-state index is 12.0. The minimum Gasteiger partial charge on any atom is -0.444 e. The highest BCUT2D eigenvalue weighted by molar-refractivity contribution is 5.67. The van der Waals surface area contributed by atoms with E-state index in [0.29, 0.717) is 6.54 Å². The summed E-state index contributed by atoms with van der Waals surface area (Å²) < 4.78 is 10.7. The Hall–Kier alpha value is -0.810. The number of aliphatic hydroxyl groups excluding tert-OH is 1. The van der Waals surface area contributed by atoms with Crippen LogP contribution in [0.5, 0.6) is 0 Å². The van der Waals surface area contributed by atoms with E-state index in [-0.39, 0.29) is 17.9 Å². The summed E-state index contributed by atoms with van der Waals surface area (Å²) in [7, 11) is 0. The molecule has 0 radical (unpaired) electrons. The van der Waals surface area contributed by atoms with Crippen molar-refractivity contribution in [3.8, 4) is 0 Å². The van der Waals surface area contributed by atoms with Gasteiger partial charge in [-0.15, -0.1) is 0 Å². The molecule has 1 fully saturated rings. The van der Waals surface area contributed by atoms with E-state index in [0.717, 1.165) is 32.0 Å². The first-order valence-corrected chi connectivity index (χ1v) is 9.84. The Morgan fingerprint density at radius 1 is 1.24 bits per heavy atom. The lowest BCUT2D eigenvalue weighted by atomic mass is 9.73. The summed E-state index contributed by atoms with van der Waals surface area (Å²) in [6, 6.07) is 0. The summed E-state index contributed by atoms with van der Waals surface area (Å²) in [5, 5.41) is 12.9. The number of carbonyl (C=O) groups excluding carboxylic acids is 1. The van der Waals surface area contributed by atoms with Crippen molar-refractivity contribution in [1.82, 2.24) is 5.32 Å². The van der Waals surface area contributed by atoms with Crippen LogP contribution in [0.3, 0.4) is 0 Å². The van der Waals surface area contributed by atoms with Crippen LogP contribution in [0.2, 0.25) is 0 Å². The number of amides is 1. The summed E-state index contributed by atoms with van der Waals surface area (Å²) in [5.41, 5.74) is -0.792. The molecule has 0 spiro atoms. The van der Waals surface area contributed by atoms with Crippen molar-refractivity contribution in [1.29, 1.82) is 0 Å². The Kier molecular flexibility index (Phi) is 9.22. The quantitative estimate of drug-likeness (QED) is 0.609. The van der Waals surface area contributed by atoms with Gasteiger partial charge in [0.15, 0.2) is 0 Å². The number of nitrogens with one attached hydrogen (secondary N) is 1. The minimum atomic E-state index is -0.506. The molecule has 0 aromatic carbocycles. The van der Waals surface area contributed by atoms with Gasteiger partial charge in [-0.1, -0.05) is 33.1 Å². The number of carbonyl (C=O) groups is 1. The number of unbranched alkanes of at least 4 members (excludes halogenated alkanes) is 1. The standard InChI is InChI=1S/C20H39NO4/c1-16(2)20(15-22,14-21-18(23)25-19(3,4)5)11-7-6-8-17-9-12-24-13-10-17/h16-17,22H,6-15H2,1-5H3,(H,21,23). The second-order valence-electron chi connectivity index (χ2n) is 8.83. The van der Waals surface area contributed by atoms with Gasteiger partial charge in [0.25, 0.3) is 0 Å². The van der Waals surface area contributed by atoms with Gasteiger partial charge in [0.2, 0.25) is 0 Å². The van der Waals surface area contributed by atoms with Crippen LogP contribution in [0, 0.1) is 17.3 Å². The first-order chi connectivity index (χ1) is 11.7. The number of hydrogen-bond acceptors (Lipinski definition) is 4. The Morgan fingerprint density at radius 3 is 2.40 bits per heavy atom. The van der Waals surface area contributed by atoms with E-state index >= 15 is 0 Å². The van der Waals surface area contributed by atoms with Gasteiger partial charge in [0.05, 0.1) is 6.61 Å². The van der Waals surface area contributed by atoms with Crippen LogP contribution < -0.4 is 5.32 Å². The molecule has 1 aliphatic rings. The maximum Gasteiger partial charge on any atom is 0.407 e. The molecule has 0 saturated carbocycles. The van der Waals surface area contributed by atoms with E-state index in [1.807, 2.05) is 20.8 Å². The fourth-order valence-electron chi connectivity index (χ4n) is 3.41. The van der Waals surface area contributed by atoms with Gasteiger partial charge >= 0.3 is 6.09 Å². The van der Waals surface area contributed by atoms with Gasteiger partial charge in [-0.25, -0.2) is 4.79 Å². The van der Waals surface area contributed by atoms with Gasteiger partial charge in [0.1, 0.15) is 5.60 Å². The van der Waals surface area contributed by atoms with Crippen LogP contribution in [0.4, 0.5) is 4.79 Å². The van der Waals surface area contributed by atoms with Gasteiger partial charge in [-0.2, -0.15) is 0 Å². The fourth-order valence-corrected chi connectivity index (χ4v) is 3.41. The largest absolute Gasteiger partial charge is 0.444 e. The van der Waals surface area contributed by atoms with E-state index in [1.165, 1.54) is 25.7 Å². The van der Waals surface area contributed by atoms with Gasteiger partial charge in [-0.05, 0) is 51.9 Å². The molecule has 1 saturated heterocycles. The molecule has 5 nitrogen and oxygen atoms in total. The first-order valence-electron chi connectivity index (χ1n) is 9.84. The predicted octanol–water partition coefficient (Wildman–Crippen LogP) is 4.13. The lowest BCUT2D eigenvalue weighted by Gasteiger charge is -2.36. The minimum absolute atomic E-state index is 0.0811. The van der Waals surface area contributed by atoms with Crippen LogP contribution in [0.15, 0.2) is 0 Å². The van der Waals surface area contributed by atoms with Crippen molar-refractivity contribution in [3.63, 3.8) is 0 Å². The monoisotopic (exact) mass is 357 g/mol. The van der Waals surface area contributed by atoms with Crippen molar-refractivity contribution >= 4 is 6.09 Å². The normalized spacial score (nSPS) is 18.8. The molecule has 0 aromatic heterocycles. The van der Waals surface area contributed by atoms with E-state index in [9.17, 15) is 9.90 Å². The third-order valence-electron chi connectivity index (χ3n) is 5.40. The SMILES string of the molecule is CC(C)C(CO)(CCCCC1CCOCC1)CNC(=O)OC(C)(C)C. The first kappa shape index (κ1) is 22.2. The summed E-state index contributed by atoms with van der Waals surface area (Å²) >= 11 is 0. The average Bonchev–Trinajstić information content (AvgIpc) is 2.53. The fraction of sp³-hybridized carbons (Fsp3) is 0.950. The van der Waals surface area contributed by atoms with Crippen LogP contribution in [0.25, 0.3) is 0 Å². The maximum absolute atomic E-state index is 12.0.